The summed E-state index contributed by atoms with van der Waals surface area (Å²) < 4.78 is 0. The predicted octanol–water partition coefficient (Wildman–Crippen LogP) is 6.19. The first kappa shape index (κ1) is 21.6. The Bertz CT molecular complexity index is 806. The van der Waals surface area contributed by atoms with Crippen LogP contribution in [0.5, 0.6) is 0 Å². The highest BCUT2D eigenvalue weighted by Gasteiger charge is 2.23. The van der Waals surface area contributed by atoms with Gasteiger partial charge in [0.1, 0.15) is 0 Å². The van der Waals surface area contributed by atoms with Crippen molar-refractivity contribution in [1.82, 2.24) is 10.2 Å². The molecule has 2 nitrogen and oxygen atoms in total. The molecule has 1 aliphatic heterocycles. The molecule has 29 heavy (non-hydrogen) atoms. The summed E-state index contributed by atoms with van der Waals surface area (Å²) in [6.45, 7) is 18.3. The molecule has 1 saturated heterocycles. The molecule has 0 spiro atoms. The van der Waals surface area contributed by atoms with Crippen LogP contribution in [0.1, 0.15) is 68.7 Å². The second kappa shape index (κ2) is 10.1. The second-order valence-corrected chi connectivity index (χ2v) is 8.71. The van der Waals surface area contributed by atoms with Gasteiger partial charge < -0.3 is 5.32 Å². The first-order chi connectivity index (χ1) is 14.0. The molecule has 0 amide bonds. The van der Waals surface area contributed by atoms with E-state index in [1.165, 1.54) is 65.8 Å². The molecule has 1 aromatic carbocycles. The molecular formula is C27H38N2. The Labute approximate surface area is 178 Å². The number of hydrogen-bond donors (Lipinski definition) is 1. The first-order valence-electron chi connectivity index (χ1n) is 11.4. The van der Waals surface area contributed by atoms with Crippen molar-refractivity contribution in [2.75, 3.05) is 13.1 Å². The Morgan fingerprint density at radius 2 is 1.86 bits per heavy atom. The van der Waals surface area contributed by atoms with Crippen LogP contribution in [0.2, 0.25) is 0 Å². The van der Waals surface area contributed by atoms with Gasteiger partial charge in [0.25, 0.3) is 0 Å². The van der Waals surface area contributed by atoms with Crippen LogP contribution in [0.3, 0.4) is 0 Å². The van der Waals surface area contributed by atoms with E-state index in [4.69, 9.17) is 0 Å². The zero-order valence-corrected chi connectivity index (χ0v) is 18.7. The minimum Gasteiger partial charge on any atom is -0.388 e. The fourth-order valence-corrected chi connectivity index (χ4v) is 4.30. The van der Waals surface area contributed by atoms with Gasteiger partial charge in [-0.15, -0.1) is 0 Å². The van der Waals surface area contributed by atoms with Gasteiger partial charge in [-0.3, -0.25) is 4.90 Å². The van der Waals surface area contributed by atoms with Crippen LogP contribution in [-0.4, -0.2) is 24.0 Å². The summed E-state index contributed by atoms with van der Waals surface area (Å²) in [6, 6.07) is 5.38. The maximum absolute atomic E-state index is 4.17. The highest BCUT2D eigenvalue weighted by atomic mass is 15.1. The molecular weight excluding hydrogens is 352 g/mol. The molecule has 1 aromatic rings. The van der Waals surface area contributed by atoms with E-state index >= 15 is 0 Å². The van der Waals surface area contributed by atoms with Gasteiger partial charge in [0.2, 0.25) is 0 Å². The second-order valence-electron chi connectivity index (χ2n) is 8.71. The lowest BCUT2D eigenvalue weighted by Gasteiger charge is -2.28. The molecule has 2 heteroatoms. The molecule has 1 heterocycles. The summed E-state index contributed by atoms with van der Waals surface area (Å²) in [5.41, 5.74) is 9.50. The lowest BCUT2D eigenvalue weighted by molar-refractivity contribution is 0.220. The SMILES string of the molecule is C=C(C)/C=C/NC(CC)Cc1cc(CN2CCCCC2)c(CC)cc1C1=CC1=C. The van der Waals surface area contributed by atoms with Crippen molar-refractivity contribution >= 4 is 5.57 Å². The van der Waals surface area contributed by atoms with E-state index in [0.717, 1.165) is 31.4 Å². The number of hydrogen-bond acceptors (Lipinski definition) is 2. The van der Waals surface area contributed by atoms with Gasteiger partial charge in [-0.2, -0.15) is 0 Å². The minimum atomic E-state index is 0.423. The lowest BCUT2D eigenvalue weighted by Crippen LogP contribution is -2.30. The van der Waals surface area contributed by atoms with Crippen LogP contribution < -0.4 is 5.32 Å². The van der Waals surface area contributed by atoms with Gasteiger partial charge >= 0.3 is 0 Å². The fourth-order valence-electron chi connectivity index (χ4n) is 4.30. The molecule has 156 valence electrons. The number of allylic oxidation sites excluding steroid dienone is 5. The van der Waals surface area contributed by atoms with Crippen molar-refractivity contribution in [2.24, 2.45) is 0 Å². The zero-order valence-electron chi connectivity index (χ0n) is 18.7. The number of likely N-dealkylation sites (tertiary alicyclic amines) is 1. The third-order valence-corrected chi connectivity index (χ3v) is 6.18. The molecule has 2 aliphatic rings. The van der Waals surface area contributed by atoms with Crippen molar-refractivity contribution in [3.05, 3.63) is 77.0 Å². The van der Waals surface area contributed by atoms with E-state index in [-0.39, 0.29) is 0 Å². The van der Waals surface area contributed by atoms with Crippen LogP contribution in [-0.2, 0) is 19.4 Å². The number of piperidine rings is 1. The Morgan fingerprint density at radius 1 is 1.14 bits per heavy atom. The van der Waals surface area contributed by atoms with Crippen LogP contribution in [0.25, 0.3) is 5.57 Å². The number of nitrogens with one attached hydrogen (secondary N) is 1. The Balaban J connectivity index is 1.85. The maximum Gasteiger partial charge on any atom is 0.0293 e. The first-order valence-corrected chi connectivity index (χ1v) is 11.4. The highest BCUT2D eigenvalue weighted by molar-refractivity contribution is 5.97. The van der Waals surface area contributed by atoms with Gasteiger partial charge in [-0.05, 0) is 104 Å². The molecule has 1 N–H and O–H groups in total. The van der Waals surface area contributed by atoms with Crippen molar-refractivity contribution in [3.8, 4) is 0 Å². The van der Waals surface area contributed by atoms with E-state index in [0.29, 0.717) is 6.04 Å². The molecule has 0 aromatic heterocycles. The van der Waals surface area contributed by atoms with Crippen molar-refractivity contribution < 1.29 is 0 Å². The van der Waals surface area contributed by atoms with Gasteiger partial charge in [-0.25, -0.2) is 0 Å². The number of rotatable bonds is 10. The van der Waals surface area contributed by atoms with E-state index in [1.54, 1.807) is 0 Å². The molecule has 1 fully saturated rings. The fraction of sp³-hybridized carbons (Fsp3) is 0.481. The molecule has 1 atom stereocenters. The third-order valence-electron chi connectivity index (χ3n) is 6.18. The molecule has 0 radical (unpaired) electrons. The van der Waals surface area contributed by atoms with Gasteiger partial charge in [0.15, 0.2) is 0 Å². The highest BCUT2D eigenvalue weighted by Crippen LogP contribution is 2.39. The number of aryl methyl sites for hydroxylation is 1. The van der Waals surface area contributed by atoms with Crippen LogP contribution >= 0.6 is 0 Å². The van der Waals surface area contributed by atoms with Gasteiger partial charge in [0.05, 0.1) is 0 Å². The van der Waals surface area contributed by atoms with E-state index < -0.39 is 0 Å². The number of benzene rings is 1. The normalized spacial score (nSPS) is 18.0. The topological polar surface area (TPSA) is 15.3 Å². The average Bonchev–Trinajstić information content (AvgIpc) is 3.44. The summed E-state index contributed by atoms with van der Waals surface area (Å²) in [5.74, 6) is 0. The van der Waals surface area contributed by atoms with Crippen LogP contribution in [0.15, 0.2) is 54.8 Å². The average molecular weight is 391 g/mol. The van der Waals surface area contributed by atoms with Crippen molar-refractivity contribution in [3.63, 3.8) is 0 Å². The monoisotopic (exact) mass is 390 g/mol. The summed E-state index contributed by atoms with van der Waals surface area (Å²) in [5, 5.41) is 3.58. The molecule has 1 aliphatic carbocycles. The lowest BCUT2D eigenvalue weighted by atomic mass is 9.90. The quantitative estimate of drug-likeness (QED) is 0.479. The molecule has 0 bridgehead atoms. The largest absolute Gasteiger partial charge is 0.388 e. The van der Waals surface area contributed by atoms with E-state index in [9.17, 15) is 0 Å². The van der Waals surface area contributed by atoms with E-state index in [1.807, 2.05) is 6.92 Å². The number of nitrogens with zero attached hydrogens (tertiary/aromatic N) is 1. The van der Waals surface area contributed by atoms with Crippen molar-refractivity contribution in [1.29, 1.82) is 0 Å². The molecule has 0 saturated carbocycles. The molecule has 3 rings (SSSR count). The van der Waals surface area contributed by atoms with Gasteiger partial charge in [0, 0.05) is 12.6 Å². The predicted molar refractivity (Wildman–Crippen MR) is 127 cm³/mol. The summed E-state index contributed by atoms with van der Waals surface area (Å²) in [7, 11) is 0. The Hall–Kier alpha value is -2.06. The van der Waals surface area contributed by atoms with E-state index in [2.05, 4.69) is 67.7 Å². The zero-order chi connectivity index (χ0) is 20.8. The Morgan fingerprint density at radius 3 is 2.45 bits per heavy atom. The Kier molecular flexibility index (Phi) is 7.55. The van der Waals surface area contributed by atoms with Crippen molar-refractivity contribution in [2.45, 2.75) is 71.9 Å². The third kappa shape index (κ3) is 5.96. The molecule has 1 unspecified atom stereocenters. The van der Waals surface area contributed by atoms with Gasteiger partial charge in [-0.1, -0.05) is 51.1 Å². The standard InChI is InChI=1S/C27H38N2/c1-6-22-18-27(26-15-21(26)5)23(17-25(7-2)28-12-11-20(3)4)16-24(22)19-29-13-9-8-10-14-29/h11-12,15-16,18,25,28H,3,5-10,13-14,17,19H2,1-2,4H3/b12-11+. The maximum atomic E-state index is 4.17. The summed E-state index contributed by atoms with van der Waals surface area (Å²) in [4.78, 5) is 2.64. The van der Waals surface area contributed by atoms with Crippen LogP contribution in [0.4, 0.5) is 0 Å². The summed E-state index contributed by atoms with van der Waals surface area (Å²) >= 11 is 0. The minimum absolute atomic E-state index is 0.423. The van der Waals surface area contributed by atoms with Crippen LogP contribution in [0, 0.1) is 0 Å². The summed E-state index contributed by atoms with van der Waals surface area (Å²) in [6.07, 6.45) is 13.6. The smallest absolute Gasteiger partial charge is 0.0293 e.